The van der Waals surface area contributed by atoms with E-state index < -0.39 is 0 Å². The molecule has 0 atom stereocenters. The highest BCUT2D eigenvalue weighted by molar-refractivity contribution is 9.10. The average molecular weight is 238 g/mol. The Morgan fingerprint density at radius 1 is 1.46 bits per heavy atom. The Labute approximate surface area is 83.9 Å². The van der Waals surface area contributed by atoms with Crippen molar-refractivity contribution in [3.63, 3.8) is 0 Å². The second-order valence-corrected chi connectivity index (χ2v) is 4.20. The van der Waals surface area contributed by atoms with Crippen LogP contribution in [0.2, 0.25) is 0 Å². The lowest BCUT2D eigenvalue weighted by molar-refractivity contribution is 0.658. The third-order valence-corrected chi connectivity index (χ3v) is 3.03. The molecule has 0 N–H and O–H groups in total. The van der Waals surface area contributed by atoms with Crippen molar-refractivity contribution in [1.29, 1.82) is 0 Å². The topological polar surface area (TPSA) is 30.7 Å². The summed E-state index contributed by atoms with van der Waals surface area (Å²) < 4.78 is 3.10. The highest BCUT2D eigenvalue weighted by Crippen LogP contribution is 2.36. The van der Waals surface area contributed by atoms with Crippen molar-refractivity contribution >= 4 is 27.0 Å². The zero-order valence-corrected chi connectivity index (χ0v) is 8.53. The van der Waals surface area contributed by atoms with Gasteiger partial charge in [0.25, 0.3) is 0 Å². The summed E-state index contributed by atoms with van der Waals surface area (Å²) in [5.41, 5.74) is 0.997. The molecule has 2 aromatic heterocycles. The zero-order valence-electron chi connectivity index (χ0n) is 6.94. The highest BCUT2D eigenvalue weighted by atomic mass is 79.9. The van der Waals surface area contributed by atoms with Gasteiger partial charge in [0.15, 0.2) is 5.65 Å². The molecule has 1 aliphatic rings. The smallest absolute Gasteiger partial charge is 0.159 e. The molecule has 13 heavy (non-hydrogen) atoms. The standard InChI is InChI=1S/C9H8BrN3/c10-8-3-4-11-9-7(8)5-12-13(9)6-1-2-6/h3-6H,1-2H2. The fraction of sp³-hybridized carbons (Fsp3) is 0.333. The van der Waals surface area contributed by atoms with Crippen LogP contribution in [0.25, 0.3) is 11.0 Å². The Hall–Kier alpha value is -0.900. The van der Waals surface area contributed by atoms with E-state index in [-0.39, 0.29) is 0 Å². The van der Waals surface area contributed by atoms with E-state index in [9.17, 15) is 0 Å². The maximum absolute atomic E-state index is 4.34. The van der Waals surface area contributed by atoms with Gasteiger partial charge >= 0.3 is 0 Å². The van der Waals surface area contributed by atoms with E-state index in [2.05, 4.69) is 26.0 Å². The van der Waals surface area contributed by atoms with Crippen LogP contribution in [-0.4, -0.2) is 14.8 Å². The Morgan fingerprint density at radius 3 is 3.08 bits per heavy atom. The fourth-order valence-electron chi connectivity index (χ4n) is 1.50. The average Bonchev–Trinajstić information content (AvgIpc) is 2.87. The molecule has 0 saturated heterocycles. The van der Waals surface area contributed by atoms with Crippen molar-refractivity contribution in [3.05, 3.63) is 22.9 Å². The Bertz CT molecular complexity index is 459. The van der Waals surface area contributed by atoms with Gasteiger partial charge in [-0.25, -0.2) is 9.67 Å². The van der Waals surface area contributed by atoms with E-state index in [0.29, 0.717) is 6.04 Å². The van der Waals surface area contributed by atoms with E-state index in [0.717, 1.165) is 15.5 Å². The summed E-state index contributed by atoms with van der Waals surface area (Å²) >= 11 is 3.49. The second-order valence-electron chi connectivity index (χ2n) is 3.35. The van der Waals surface area contributed by atoms with Crippen molar-refractivity contribution in [3.8, 4) is 0 Å². The first-order valence-electron chi connectivity index (χ1n) is 4.34. The third-order valence-electron chi connectivity index (χ3n) is 2.34. The molecule has 1 fully saturated rings. The van der Waals surface area contributed by atoms with Crippen molar-refractivity contribution in [2.75, 3.05) is 0 Å². The molecule has 4 heteroatoms. The van der Waals surface area contributed by atoms with Gasteiger partial charge in [-0.2, -0.15) is 5.10 Å². The number of pyridine rings is 1. The van der Waals surface area contributed by atoms with Crippen molar-refractivity contribution in [2.24, 2.45) is 0 Å². The summed E-state index contributed by atoms with van der Waals surface area (Å²) in [5.74, 6) is 0. The quantitative estimate of drug-likeness (QED) is 0.764. The minimum Gasteiger partial charge on any atom is -0.244 e. The first-order chi connectivity index (χ1) is 6.36. The number of nitrogens with zero attached hydrogens (tertiary/aromatic N) is 3. The normalized spacial score (nSPS) is 16.7. The van der Waals surface area contributed by atoms with Gasteiger partial charge in [0.05, 0.1) is 17.6 Å². The van der Waals surface area contributed by atoms with Crippen LogP contribution in [0.15, 0.2) is 22.9 Å². The lowest BCUT2D eigenvalue weighted by Crippen LogP contribution is -1.96. The SMILES string of the molecule is Brc1ccnc2c1cnn2C1CC1. The van der Waals surface area contributed by atoms with Crippen LogP contribution >= 0.6 is 15.9 Å². The first-order valence-corrected chi connectivity index (χ1v) is 5.13. The van der Waals surface area contributed by atoms with Crippen LogP contribution in [0, 0.1) is 0 Å². The fourth-order valence-corrected chi connectivity index (χ4v) is 1.90. The van der Waals surface area contributed by atoms with E-state index in [4.69, 9.17) is 0 Å². The third kappa shape index (κ3) is 1.09. The maximum Gasteiger partial charge on any atom is 0.159 e. The number of hydrogen-bond donors (Lipinski definition) is 0. The molecule has 3 rings (SSSR count). The van der Waals surface area contributed by atoms with Crippen molar-refractivity contribution in [2.45, 2.75) is 18.9 Å². The van der Waals surface area contributed by atoms with Crippen LogP contribution < -0.4 is 0 Å². The minimum atomic E-state index is 0.597. The molecule has 1 aliphatic carbocycles. The predicted octanol–water partition coefficient (Wildman–Crippen LogP) is 2.53. The minimum absolute atomic E-state index is 0.597. The molecule has 0 aliphatic heterocycles. The summed E-state index contributed by atoms with van der Waals surface area (Å²) in [5, 5.41) is 5.45. The summed E-state index contributed by atoms with van der Waals surface area (Å²) in [7, 11) is 0. The number of aromatic nitrogens is 3. The van der Waals surface area contributed by atoms with Gasteiger partial charge in [0, 0.05) is 10.7 Å². The van der Waals surface area contributed by atoms with Crippen LogP contribution in [0.1, 0.15) is 18.9 Å². The summed E-state index contributed by atoms with van der Waals surface area (Å²) in [6.45, 7) is 0. The van der Waals surface area contributed by atoms with Crippen LogP contribution in [-0.2, 0) is 0 Å². The van der Waals surface area contributed by atoms with Gasteiger partial charge in [-0.3, -0.25) is 0 Å². The summed E-state index contributed by atoms with van der Waals surface area (Å²) in [6, 6.07) is 2.54. The molecular formula is C9H8BrN3. The summed E-state index contributed by atoms with van der Waals surface area (Å²) in [4.78, 5) is 4.33. The van der Waals surface area contributed by atoms with Gasteiger partial charge in [-0.15, -0.1) is 0 Å². The molecule has 0 spiro atoms. The molecule has 0 aromatic carbocycles. The Kier molecular flexibility index (Phi) is 1.47. The lowest BCUT2D eigenvalue weighted by Gasteiger charge is -1.98. The van der Waals surface area contributed by atoms with Gasteiger partial charge in [-0.1, -0.05) is 0 Å². The first kappa shape index (κ1) is 7.50. The molecule has 0 radical (unpaired) electrons. The van der Waals surface area contributed by atoms with Gasteiger partial charge in [0.1, 0.15) is 0 Å². The van der Waals surface area contributed by atoms with Crippen LogP contribution in [0.3, 0.4) is 0 Å². The summed E-state index contributed by atoms with van der Waals surface area (Å²) in [6.07, 6.45) is 6.17. The number of fused-ring (bicyclic) bond motifs is 1. The zero-order chi connectivity index (χ0) is 8.84. The molecule has 1 saturated carbocycles. The van der Waals surface area contributed by atoms with Gasteiger partial charge in [-0.05, 0) is 34.8 Å². The van der Waals surface area contributed by atoms with Gasteiger partial charge in [0.2, 0.25) is 0 Å². The number of halogens is 1. The van der Waals surface area contributed by atoms with Crippen LogP contribution in [0.5, 0.6) is 0 Å². The molecule has 66 valence electrons. The van der Waals surface area contributed by atoms with E-state index in [1.807, 2.05) is 23.1 Å². The van der Waals surface area contributed by atoms with Crippen molar-refractivity contribution < 1.29 is 0 Å². The molecule has 3 nitrogen and oxygen atoms in total. The predicted molar refractivity (Wildman–Crippen MR) is 53.5 cm³/mol. The van der Waals surface area contributed by atoms with E-state index in [1.165, 1.54) is 12.8 Å². The maximum atomic E-state index is 4.34. The number of rotatable bonds is 1. The molecule has 0 unspecified atom stereocenters. The van der Waals surface area contributed by atoms with E-state index in [1.54, 1.807) is 0 Å². The Balaban J connectivity index is 2.32. The molecular weight excluding hydrogens is 230 g/mol. The molecule has 2 heterocycles. The largest absolute Gasteiger partial charge is 0.244 e. The highest BCUT2D eigenvalue weighted by Gasteiger charge is 2.26. The van der Waals surface area contributed by atoms with Gasteiger partial charge < -0.3 is 0 Å². The van der Waals surface area contributed by atoms with Crippen LogP contribution in [0.4, 0.5) is 0 Å². The Morgan fingerprint density at radius 2 is 2.31 bits per heavy atom. The number of hydrogen-bond acceptors (Lipinski definition) is 2. The second kappa shape index (κ2) is 2.54. The molecule has 2 aromatic rings. The monoisotopic (exact) mass is 237 g/mol. The van der Waals surface area contributed by atoms with Crippen molar-refractivity contribution in [1.82, 2.24) is 14.8 Å². The lowest BCUT2D eigenvalue weighted by atomic mass is 10.4. The van der Waals surface area contributed by atoms with E-state index >= 15 is 0 Å². The molecule has 0 bridgehead atoms. The molecule has 0 amide bonds.